The van der Waals surface area contributed by atoms with Crippen molar-refractivity contribution in [3.63, 3.8) is 0 Å². The number of imidazole rings is 1. The number of halogens is 1. The van der Waals surface area contributed by atoms with Crippen LogP contribution in [-0.4, -0.2) is 15.1 Å². The van der Waals surface area contributed by atoms with Crippen LogP contribution in [0, 0.1) is 0 Å². The van der Waals surface area contributed by atoms with Crippen molar-refractivity contribution >= 4 is 11.6 Å². The largest absolute Gasteiger partial charge is 0.507 e. The van der Waals surface area contributed by atoms with E-state index in [4.69, 9.17) is 11.6 Å². The van der Waals surface area contributed by atoms with Crippen molar-refractivity contribution in [1.29, 1.82) is 0 Å². The first-order valence-corrected chi connectivity index (χ1v) is 6.21. The Bertz CT molecular complexity index is 670. The van der Waals surface area contributed by atoms with E-state index in [-0.39, 0.29) is 5.75 Å². The average molecular weight is 271 g/mol. The molecule has 2 aromatic carbocycles. The molecule has 2 N–H and O–H groups in total. The highest BCUT2D eigenvalue weighted by molar-refractivity contribution is 6.33. The number of phenols is 1. The van der Waals surface area contributed by atoms with Gasteiger partial charge in [-0.15, -0.1) is 0 Å². The predicted molar refractivity (Wildman–Crippen MR) is 76.1 cm³/mol. The molecule has 0 fully saturated rings. The summed E-state index contributed by atoms with van der Waals surface area (Å²) in [7, 11) is 0. The van der Waals surface area contributed by atoms with Crippen LogP contribution in [0.15, 0.2) is 54.9 Å². The molecular weight excluding hydrogens is 260 g/mol. The summed E-state index contributed by atoms with van der Waals surface area (Å²) in [6, 6.07) is 12.8. The smallest absolute Gasteiger partial charge is 0.137 e. The summed E-state index contributed by atoms with van der Waals surface area (Å²) in [5.74, 6) is 0.994. The first-order chi connectivity index (χ1) is 9.25. The van der Waals surface area contributed by atoms with Gasteiger partial charge in [0.1, 0.15) is 11.6 Å². The lowest BCUT2D eigenvalue weighted by Crippen LogP contribution is -1.83. The summed E-state index contributed by atoms with van der Waals surface area (Å²) in [6.45, 7) is 0. The zero-order valence-corrected chi connectivity index (χ0v) is 10.7. The first kappa shape index (κ1) is 11.8. The molecule has 0 aliphatic carbocycles. The third-order valence-corrected chi connectivity index (χ3v) is 3.25. The molecule has 4 heteroatoms. The molecule has 0 bridgehead atoms. The van der Waals surface area contributed by atoms with E-state index in [0.717, 1.165) is 17.0 Å². The number of phenolic OH excluding ortho intramolecular Hbond substituents is 1. The Labute approximate surface area is 115 Å². The van der Waals surface area contributed by atoms with Crippen molar-refractivity contribution in [2.45, 2.75) is 0 Å². The highest BCUT2D eigenvalue weighted by Crippen LogP contribution is 2.36. The molecule has 1 aromatic heterocycles. The number of H-pyrrole nitrogens is 1. The molecule has 1 heterocycles. The molecule has 0 aliphatic rings. The number of nitrogens with zero attached hydrogens (tertiary/aromatic N) is 1. The van der Waals surface area contributed by atoms with Crippen LogP contribution in [0.5, 0.6) is 5.75 Å². The summed E-state index contributed by atoms with van der Waals surface area (Å²) < 4.78 is 0. The molecule has 0 spiro atoms. The van der Waals surface area contributed by atoms with E-state index in [2.05, 4.69) is 9.97 Å². The third kappa shape index (κ3) is 2.20. The standard InChI is InChI=1S/C15H11ClN2O/c16-12-2-1-3-13(19)14(12)10-4-6-11(7-5-10)15-17-8-9-18-15/h1-9,19H,(H,17,18). The Balaban J connectivity index is 2.04. The molecule has 94 valence electrons. The van der Waals surface area contributed by atoms with Crippen LogP contribution >= 0.6 is 11.6 Å². The number of hydrogen-bond acceptors (Lipinski definition) is 2. The van der Waals surface area contributed by atoms with Gasteiger partial charge in [-0.1, -0.05) is 41.9 Å². The van der Waals surface area contributed by atoms with Crippen molar-refractivity contribution in [3.8, 4) is 28.3 Å². The van der Waals surface area contributed by atoms with Gasteiger partial charge in [-0.3, -0.25) is 0 Å². The van der Waals surface area contributed by atoms with Gasteiger partial charge < -0.3 is 10.1 Å². The van der Waals surface area contributed by atoms with Crippen molar-refractivity contribution in [2.75, 3.05) is 0 Å². The number of benzene rings is 2. The quantitative estimate of drug-likeness (QED) is 0.736. The first-order valence-electron chi connectivity index (χ1n) is 5.83. The van der Waals surface area contributed by atoms with Gasteiger partial charge in [-0.25, -0.2) is 4.98 Å². The van der Waals surface area contributed by atoms with E-state index >= 15 is 0 Å². The molecular formula is C15H11ClN2O. The molecule has 3 aromatic rings. The Morgan fingerprint density at radius 1 is 1.00 bits per heavy atom. The van der Waals surface area contributed by atoms with Gasteiger partial charge in [0.05, 0.1) is 5.02 Å². The van der Waals surface area contributed by atoms with Crippen LogP contribution in [0.3, 0.4) is 0 Å². The molecule has 19 heavy (non-hydrogen) atoms. The second kappa shape index (κ2) is 4.78. The maximum absolute atomic E-state index is 9.90. The summed E-state index contributed by atoms with van der Waals surface area (Å²) >= 11 is 6.12. The van der Waals surface area contributed by atoms with Crippen LogP contribution in [0.25, 0.3) is 22.5 Å². The van der Waals surface area contributed by atoms with E-state index in [0.29, 0.717) is 10.6 Å². The zero-order chi connectivity index (χ0) is 13.2. The van der Waals surface area contributed by atoms with Gasteiger partial charge in [-0.05, 0) is 17.7 Å². The van der Waals surface area contributed by atoms with Gasteiger partial charge in [-0.2, -0.15) is 0 Å². The number of nitrogens with one attached hydrogen (secondary N) is 1. The van der Waals surface area contributed by atoms with Gasteiger partial charge in [0, 0.05) is 23.5 Å². The fraction of sp³-hybridized carbons (Fsp3) is 0. The molecule has 0 aliphatic heterocycles. The van der Waals surface area contributed by atoms with Crippen molar-refractivity contribution in [1.82, 2.24) is 9.97 Å². The number of aromatic hydroxyl groups is 1. The normalized spacial score (nSPS) is 10.6. The second-order valence-electron chi connectivity index (χ2n) is 4.15. The SMILES string of the molecule is Oc1cccc(Cl)c1-c1ccc(-c2ncc[nH]2)cc1. The van der Waals surface area contributed by atoms with Crippen molar-refractivity contribution in [2.24, 2.45) is 0 Å². The monoisotopic (exact) mass is 270 g/mol. The molecule has 0 amide bonds. The Kier molecular flexibility index (Phi) is 2.97. The molecule has 3 rings (SSSR count). The van der Waals surface area contributed by atoms with Gasteiger partial charge in [0.25, 0.3) is 0 Å². The van der Waals surface area contributed by atoms with E-state index in [9.17, 15) is 5.11 Å². The van der Waals surface area contributed by atoms with Crippen LogP contribution in [0.1, 0.15) is 0 Å². The number of hydrogen-bond donors (Lipinski definition) is 2. The Morgan fingerprint density at radius 2 is 1.74 bits per heavy atom. The van der Waals surface area contributed by atoms with Crippen LogP contribution in [-0.2, 0) is 0 Å². The molecule has 0 unspecified atom stereocenters. The minimum atomic E-state index is 0.179. The summed E-state index contributed by atoms with van der Waals surface area (Å²) in [6.07, 6.45) is 3.49. The molecule has 0 atom stereocenters. The fourth-order valence-corrected chi connectivity index (χ4v) is 2.30. The van der Waals surface area contributed by atoms with Gasteiger partial charge >= 0.3 is 0 Å². The van der Waals surface area contributed by atoms with E-state index in [1.54, 1.807) is 30.6 Å². The summed E-state index contributed by atoms with van der Waals surface area (Å²) in [5.41, 5.74) is 2.51. The van der Waals surface area contributed by atoms with Crippen molar-refractivity contribution < 1.29 is 5.11 Å². The molecule has 0 saturated carbocycles. The minimum absolute atomic E-state index is 0.179. The molecule has 0 saturated heterocycles. The lowest BCUT2D eigenvalue weighted by atomic mass is 10.0. The second-order valence-corrected chi connectivity index (χ2v) is 4.56. The third-order valence-electron chi connectivity index (χ3n) is 2.94. The Morgan fingerprint density at radius 3 is 2.37 bits per heavy atom. The number of aromatic amines is 1. The molecule has 0 radical (unpaired) electrons. The highest BCUT2D eigenvalue weighted by atomic mass is 35.5. The van der Waals surface area contributed by atoms with Crippen LogP contribution < -0.4 is 0 Å². The number of rotatable bonds is 2. The lowest BCUT2D eigenvalue weighted by molar-refractivity contribution is 0.477. The lowest BCUT2D eigenvalue weighted by Gasteiger charge is -2.07. The molecule has 3 nitrogen and oxygen atoms in total. The predicted octanol–water partition coefficient (Wildman–Crippen LogP) is 4.10. The van der Waals surface area contributed by atoms with Crippen molar-refractivity contribution in [3.05, 3.63) is 59.9 Å². The van der Waals surface area contributed by atoms with Crippen LogP contribution in [0.2, 0.25) is 5.02 Å². The summed E-state index contributed by atoms with van der Waals surface area (Å²) in [4.78, 5) is 7.24. The highest BCUT2D eigenvalue weighted by Gasteiger charge is 2.09. The van der Waals surface area contributed by atoms with Gasteiger partial charge in [0.2, 0.25) is 0 Å². The van der Waals surface area contributed by atoms with Gasteiger partial charge in [0.15, 0.2) is 0 Å². The maximum atomic E-state index is 9.90. The summed E-state index contributed by atoms with van der Waals surface area (Å²) in [5, 5.41) is 10.4. The van der Waals surface area contributed by atoms with E-state index < -0.39 is 0 Å². The average Bonchev–Trinajstić information content (AvgIpc) is 2.93. The fourth-order valence-electron chi connectivity index (χ4n) is 2.02. The Hall–Kier alpha value is -2.26. The minimum Gasteiger partial charge on any atom is -0.507 e. The number of aromatic nitrogens is 2. The topological polar surface area (TPSA) is 48.9 Å². The zero-order valence-electron chi connectivity index (χ0n) is 9.97. The van der Waals surface area contributed by atoms with Crippen LogP contribution in [0.4, 0.5) is 0 Å². The van der Waals surface area contributed by atoms with E-state index in [1.165, 1.54) is 0 Å². The van der Waals surface area contributed by atoms with E-state index in [1.807, 2.05) is 24.3 Å². The maximum Gasteiger partial charge on any atom is 0.137 e.